The maximum Gasteiger partial charge on any atom is 0.230 e. The fourth-order valence-corrected chi connectivity index (χ4v) is 2.62. The van der Waals surface area contributed by atoms with E-state index in [0.29, 0.717) is 45.9 Å². The van der Waals surface area contributed by atoms with E-state index >= 15 is 0 Å². The van der Waals surface area contributed by atoms with Crippen LogP contribution in [0.3, 0.4) is 0 Å². The fourth-order valence-electron chi connectivity index (χ4n) is 1.98. The highest BCUT2D eigenvalue weighted by Crippen LogP contribution is 2.47. The molecule has 0 bridgehead atoms. The molecule has 1 aromatic heterocycles. The molecule has 0 unspecified atom stereocenters. The standard InChI is InChI=1S/C12H9BrN2O4/c13-8-3-6(5-16)10-11(18-2-1-17-10)9(8)7-4-15-19-12(7)14/h3-5H,1-2,14H2. The highest BCUT2D eigenvalue weighted by atomic mass is 79.9. The molecule has 1 aliphatic heterocycles. The molecule has 3 rings (SSSR count). The van der Waals surface area contributed by atoms with Crippen molar-refractivity contribution in [3.63, 3.8) is 0 Å². The summed E-state index contributed by atoms with van der Waals surface area (Å²) >= 11 is 3.40. The molecule has 0 atom stereocenters. The molecule has 98 valence electrons. The van der Waals surface area contributed by atoms with Crippen LogP contribution in [0.1, 0.15) is 10.4 Å². The van der Waals surface area contributed by atoms with Gasteiger partial charge >= 0.3 is 0 Å². The van der Waals surface area contributed by atoms with Gasteiger partial charge in [-0.3, -0.25) is 4.79 Å². The van der Waals surface area contributed by atoms with Gasteiger partial charge in [0.1, 0.15) is 13.2 Å². The van der Waals surface area contributed by atoms with E-state index in [1.54, 1.807) is 6.07 Å². The SMILES string of the molecule is Nc1oncc1-c1c(Br)cc(C=O)c2c1OCCO2. The number of carbonyl (C=O) groups excluding carboxylic acids is 1. The molecular formula is C12H9BrN2O4. The zero-order valence-corrected chi connectivity index (χ0v) is 11.3. The summed E-state index contributed by atoms with van der Waals surface area (Å²) in [6.07, 6.45) is 2.22. The number of benzene rings is 1. The second-order valence-corrected chi connectivity index (χ2v) is 4.75. The molecule has 0 fully saturated rings. The van der Waals surface area contributed by atoms with Crippen LogP contribution in [-0.2, 0) is 0 Å². The van der Waals surface area contributed by atoms with Gasteiger partial charge in [0.25, 0.3) is 0 Å². The molecule has 7 heteroatoms. The lowest BCUT2D eigenvalue weighted by atomic mass is 10.0. The Labute approximate surface area is 116 Å². The van der Waals surface area contributed by atoms with Gasteiger partial charge in [-0.15, -0.1) is 0 Å². The Morgan fingerprint density at radius 2 is 2.05 bits per heavy atom. The number of nitrogens with zero attached hydrogens (tertiary/aromatic N) is 1. The van der Waals surface area contributed by atoms with E-state index in [-0.39, 0.29) is 5.88 Å². The fraction of sp³-hybridized carbons (Fsp3) is 0.167. The summed E-state index contributed by atoms with van der Waals surface area (Å²) in [5, 5.41) is 3.64. The van der Waals surface area contributed by atoms with Crippen LogP contribution < -0.4 is 15.2 Å². The zero-order chi connectivity index (χ0) is 13.4. The van der Waals surface area contributed by atoms with Gasteiger partial charge in [0.15, 0.2) is 17.8 Å². The summed E-state index contributed by atoms with van der Waals surface area (Å²) in [6.45, 7) is 0.800. The molecule has 0 spiro atoms. The number of carbonyl (C=O) groups is 1. The highest BCUT2D eigenvalue weighted by molar-refractivity contribution is 9.10. The van der Waals surface area contributed by atoms with Crippen molar-refractivity contribution in [1.82, 2.24) is 5.16 Å². The Hall–Kier alpha value is -2.02. The molecule has 0 amide bonds. The van der Waals surface area contributed by atoms with Crippen LogP contribution in [0.25, 0.3) is 11.1 Å². The van der Waals surface area contributed by atoms with Crippen molar-refractivity contribution in [2.45, 2.75) is 0 Å². The van der Waals surface area contributed by atoms with Gasteiger partial charge < -0.3 is 19.7 Å². The lowest BCUT2D eigenvalue weighted by Gasteiger charge is -2.23. The van der Waals surface area contributed by atoms with E-state index in [2.05, 4.69) is 21.1 Å². The van der Waals surface area contributed by atoms with Crippen LogP contribution in [0.4, 0.5) is 5.88 Å². The molecular weight excluding hydrogens is 316 g/mol. The third kappa shape index (κ3) is 1.86. The number of hydrogen-bond acceptors (Lipinski definition) is 6. The van der Waals surface area contributed by atoms with Gasteiger partial charge in [0.2, 0.25) is 5.88 Å². The normalized spacial score (nSPS) is 13.3. The van der Waals surface area contributed by atoms with Crippen molar-refractivity contribution in [3.8, 4) is 22.6 Å². The van der Waals surface area contributed by atoms with E-state index in [1.807, 2.05) is 0 Å². The number of hydrogen-bond donors (Lipinski definition) is 1. The summed E-state index contributed by atoms with van der Waals surface area (Å²) < 4.78 is 16.7. The van der Waals surface area contributed by atoms with Gasteiger partial charge in [-0.2, -0.15) is 0 Å². The number of anilines is 1. The second-order valence-electron chi connectivity index (χ2n) is 3.90. The molecule has 2 N–H and O–H groups in total. The van der Waals surface area contributed by atoms with Gasteiger partial charge in [-0.25, -0.2) is 0 Å². The Morgan fingerprint density at radius 1 is 1.32 bits per heavy atom. The zero-order valence-electron chi connectivity index (χ0n) is 9.68. The number of rotatable bonds is 2. The largest absolute Gasteiger partial charge is 0.485 e. The topological polar surface area (TPSA) is 87.6 Å². The van der Waals surface area contributed by atoms with Crippen molar-refractivity contribution >= 4 is 28.1 Å². The summed E-state index contributed by atoms with van der Waals surface area (Å²) in [6, 6.07) is 1.66. The van der Waals surface area contributed by atoms with Crippen LogP contribution >= 0.6 is 15.9 Å². The minimum absolute atomic E-state index is 0.177. The number of nitrogens with two attached hydrogens (primary N) is 1. The highest BCUT2D eigenvalue weighted by Gasteiger charge is 2.26. The van der Waals surface area contributed by atoms with E-state index in [1.165, 1.54) is 6.20 Å². The quantitative estimate of drug-likeness (QED) is 0.852. The molecule has 1 aromatic carbocycles. The molecule has 0 saturated carbocycles. The first-order valence-electron chi connectivity index (χ1n) is 5.50. The maximum atomic E-state index is 11.1. The molecule has 1 aliphatic rings. The van der Waals surface area contributed by atoms with E-state index in [0.717, 1.165) is 6.29 Å². The number of fused-ring (bicyclic) bond motifs is 1. The van der Waals surface area contributed by atoms with Gasteiger partial charge in [0, 0.05) is 10.0 Å². The van der Waals surface area contributed by atoms with Crippen molar-refractivity contribution in [1.29, 1.82) is 0 Å². The van der Waals surface area contributed by atoms with Gasteiger partial charge in [-0.05, 0) is 22.0 Å². The van der Waals surface area contributed by atoms with Crippen LogP contribution in [-0.4, -0.2) is 24.7 Å². The van der Waals surface area contributed by atoms with Crippen molar-refractivity contribution < 1.29 is 18.8 Å². The van der Waals surface area contributed by atoms with Crippen LogP contribution in [0.5, 0.6) is 11.5 Å². The van der Waals surface area contributed by atoms with Crippen molar-refractivity contribution in [2.24, 2.45) is 0 Å². The maximum absolute atomic E-state index is 11.1. The Balaban J connectivity index is 2.30. The van der Waals surface area contributed by atoms with Crippen molar-refractivity contribution in [3.05, 3.63) is 22.3 Å². The Morgan fingerprint density at radius 3 is 2.68 bits per heavy atom. The first-order chi connectivity index (χ1) is 9.22. The molecule has 19 heavy (non-hydrogen) atoms. The van der Waals surface area contributed by atoms with E-state index in [4.69, 9.17) is 19.7 Å². The third-order valence-electron chi connectivity index (χ3n) is 2.79. The van der Waals surface area contributed by atoms with Crippen molar-refractivity contribution in [2.75, 3.05) is 18.9 Å². The monoisotopic (exact) mass is 324 g/mol. The predicted octanol–water partition coefficient (Wildman–Crippen LogP) is 2.27. The molecule has 2 aromatic rings. The summed E-state index contributed by atoms with van der Waals surface area (Å²) in [4.78, 5) is 11.1. The minimum atomic E-state index is 0.177. The van der Waals surface area contributed by atoms with Gasteiger partial charge in [0.05, 0.1) is 17.3 Å². The molecule has 0 radical (unpaired) electrons. The lowest BCUT2D eigenvalue weighted by molar-refractivity contribution is 0.111. The molecule has 2 heterocycles. The molecule has 0 saturated heterocycles. The lowest BCUT2D eigenvalue weighted by Crippen LogP contribution is -2.17. The Kier molecular flexibility index (Phi) is 2.90. The summed E-state index contributed by atoms with van der Waals surface area (Å²) in [7, 11) is 0. The summed E-state index contributed by atoms with van der Waals surface area (Å²) in [5.74, 6) is 1.06. The van der Waals surface area contributed by atoms with Gasteiger partial charge in [-0.1, -0.05) is 5.16 Å². The average molecular weight is 325 g/mol. The first-order valence-corrected chi connectivity index (χ1v) is 6.29. The van der Waals surface area contributed by atoms with Crippen LogP contribution in [0.2, 0.25) is 0 Å². The number of nitrogen functional groups attached to an aromatic ring is 1. The summed E-state index contributed by atoms with van der Waals surface area (Å²) in [5.41, 5.74) is 7.40. The Bertz CT molecular complexity index is 653. The minimum Gasteiger partial charge on any atom is -0.485 e. The average Bonchev–Trinajstić information content (AvgIpc) is 2.84. The number of aromatic nitrogens is 1. The third-order valence-corrected chi connectivity index (χ3v) is 3.41. The van der Waals surface area contributed by atoms with E-state index in [9.17, 15) is 4.79 Å². The number of aldehydes is 1. The number of ether oxygens (including phenoxy) is 2. The molecule has 0 aliphatic carbocycles. The first kappa shape index (κ1) is 12.0. The number of halogens is 1. The smallest absolute Gasteiger partial charge is 0.230 e. The van der Waals surface area contributed by atoms with Crippen LogP contribution in [0.15, 0.2) is 21.3 Å². The molecule has 6 nitrogen and oxygen atoms in total. The van der Waals surface area contributed by atoms with Crippen LogP contribution in [0, 0.1) is 0 Å². The van der Waals surface area contributed by atoms with E-state index < -0.39 is 0 Å². The second kappa shape index (κ2) is 4.58. The predicted molar refractivity (Wildman–Crippen MR) is 70.4 cm³/mol.